The molecule has 0 bridgehead atoms. The Morgan fingerprint density at radius 1 is 1.04 bits per heavy atom. The number of aliphatic imine (C=N–C) groups is 1. The number of H-pyrrole nitrogens is 1. The van der Waals surface area contributed by atoms with Gasteiger partial charge in [0.15, 0.2) is 5.96 Å². The third-order valence-corrected chi connectivity index (χ3v) is 7.69. The Balaban J connectivity index is 1.15. The summed E-state index contributed by atoms with van der Waals surface area (Å²) in [6.07, 6.45) is 4.50. The number of urea groups is 1. The zero-order valence-electron chi connectivity index (χ0n) is 25.6. The molecule has 13 nitrogen and oxygen atoms in total. The normalized spacial score (nSPS) is 13.9. The summed E-state index contributed by atoms with van der Waals surface area (Å²) in [7, 11) is 3.16. The number of carbonyl (C=O) groups is 2. The summed E-state index contributed by atoms with van der Waals surface area (Å²) in [4.78, 5) is 48.5. The number of fused-ring (bicyclic) bond motifs is 1. The lowest BCUT2D eigenvalue weighted by molar-refractivity contribution is 0.0929. The first-order chi connectivity index (χ1) is 21.9. The van der Waals surface area contributed by atoms with Crippen molar-refractivity contribution in [3.05, 3.63) is 82.4 Å². The van der Waals surface area contributed by atoms with E-state index in [1.807, 2.05) is 54.6 Å². The van der Waals surface area contributed by atoms with Crippen LogP contribution >= 0.6 is 0 Å². The van der Waals surface area contributed by atoms with Gasteiger partial charge in [-0.25, -0.2) is 9.59 Å². The molecule has 2 aromatic carbocycles. The van der Waals surface area contributed by atoms with Gasteiger partial charge >= 0.3 is 11.7 Å². The van der Waals surface area contributed by atoms with Crippen molar-refractivity contribution in [1.29, 1.82) is 0 Å². The van der Waals surface area contributed by atoms with Crippen LogP contribution in [0.2, 0.25) is 0 Å². The lowest BCUT2D eigenvalue weighted by Gasteiger charge is -2.23. The highest BCUT2D eigenvalue weighted by molar-refractivity contribution is 5.96. The minimum atomic E-state index is -0.375. The van der Waals surface area contributed by atoms with Gasteiger partial charge in [-0.05, 0) is 80.4 Å². The van der Waals surface area contributed by atoms with Gasteiger partial charge in [0.05, 0.1) is 5.69 Å². The number of benzene rings is 2. The van der Waals surface area contributed by atoms with Gasteiger partial charge in [-0.1, -0.05) is 24.3 Å². The molecule has 0 unspecified atom stereocenters. The van der Waals surface area contributed by atoms with Crippen LogP contribution in [-0.2, 0) is 6.54 Å². The average molecular weight is 613 g/mol. The molecule has 7 N–H and O–H groups in total. The number of guanidine groups is 1. The zero-order chi connectivity index (χ0) is 31.6. The maximum absolute atomic E-state index is 12.9. The Morgan fingerprint density at radius 3 is 2.51 bits per heavy atom. The van der Waals surface area contributed by atoms with E-state index in [0.29, 0.717) is 30.3 Å². The highest BCUT2D eigenvalue weighted by atomic mass is 16.2. The number of carbonyl (C=O) groups excluding carboxylic acids is 2. The molecule has 4 aromatic rings. The molecule has 0 saturated carbocycles. The fourth-order valence-corrected chi connectivity index (χ4v) is 5.15. The van der Waals surface area contributed by atoms with Gasteiger partial charge in [-0.2, -0.15) is 4.98 Å². The van der Waals surface area contributed by atoms with Crippen LogP contribution in [0.1, 0.15) is 35.2 Å². The fraction of sp³-hybridized carbons (Fsp3) is 0.344. The summed E-state index contributed by atoms with van der Waals surface area (Å²) in [5, 5.41) is 18.8. The van der Waals surface area contributed by atoms with Crippen LogP contribution in [0.5, 0.6) is 0 Å². The molecular formula is C32H40N10O3. The van der Waals surface area contributed by atoms with Crippen LogP contribution in [0, 0.1) is 0 Å². The summed E-state index contributed by atoms with van der Waals surface area (Å²) in [6, 6.07) is 17.1. The molecule has 0 spiro atoms. The van der Waals surface area contributed by atoms with Crippen LogP contribution < -0.4 is 37.6 Å². The van der Waals surface area contributed by atoms with E-state index in [-0.39, 0.29) is 23.7 Å². The molecule has 1 aliphatic heterocycles. The zero-order valence-corrected chi connectivity index (χ0v) is 25.6. The Labute approximate surface area is 261 Å². The SMILES string of the molecule is CN=C(NCCCNCc1ccc(-n2cc3cc(-c4ccc(C(=O)NC5CCNCC5)cc4)[nH]c3nc2=O)cc1)NC(=O)NC. The molecule has 3 amide bonds. The van der Waals surface area contributed by atoms with Gasteiger partial charge < -0.3 is 31.6 Å². The lowest BCUT2D eigenvalue weighted by atomic mass is 10.0. The molecule has 2 aromatic heterocycles. The number of nitrogens with zero attached hydrogens (tertiary/aromatic N) is 3. The maximum Gasteiger partial charge on any atom is 0.354 e. The van der Waals surface area contributed by atoms with Crippen molar-refractivity contribution < 1.29 is 9.59 Å². The minimum Gasteiger partial charge on any atom is -0.356 e. The Morgan fingerprint density at radius 2 is 1.80 bits per heavy atom. The Bertz CT molecular complexity index is 1690. The average Bonchev–Trinajstić information content (AvgIpc) is 3.49. The van der Waals surface area contributed by atoms with E-state index in [0.717, 1.165) is 66.8 Å². The maximum atomic E-state index is 12.9. The van der Waals surface area contributed by atoms with E-state index in [1.54, 1.807) is 20.3 Å². The summed E-state index contributed by atoms with van der Waals surface area (Å²) in [6.45, 7) is 3.95. The van der Waals surface area contributed by atoms with Crippen molar-refractivity contribution in [1.82, 2.24) is 46.4 Å². The summed E-state index contributed by atoms with van der Waals surface area (Å²) >= 11 is 0. The van der Waals surface area contributed by atoms with Crippen LogP contribution in [0.3, 0.4) is 0 Å². The number of aromatic amines is 1. The minimum absolute atomic E-state index is 0.0624. The van der Waals surface area contributed by atoms with Crippen molar-refractivity contribution in [2.75, 3.05) is 40.3 Å². The van der Waals surface area contributed by atoms with Gasteiger partial charge in [0.2, 0.25) is 0 Å². The smallest absolute Gasteiger partial charge is 0.354 e. The van der Waals surface area contributed by atoms with Crippen LogP contribution in [0.15, 0.2) is 70.6 Å². The Kier molecular flexibility index (Phi) is 10.6. The standard InChI is InChI=1S/C32H40N10O3/c1-33-30(41-31(44)34-2)37-15-3-14-36-19-21-4-10-26(11-5-21)42-20-24-18-27(39-28(24)40-32(42)45)22-6-8-23(9-7-22)29(43)38-25-12-16-35-17-13-25/h4-11,18,20,25,35-36H,3,12-17,19H2,1-2H3,(H,38,43)(H,39,40,45)(H3,33,34,37,41,44). The lowest BCUT2D eigenvalue weighted by Crippen LogP contribution is -2.45. The molecule has 5 rings (SSSR count). The number of hydrogen-bond acceptors (Lipinski definition) is 7. The number of amides is 3. The van der Waals surface area contributed by atoms with Gasteiger partial charge in [-0.15, -0.1) is 0 Å². The van der Waals surface area contributed by atoms with Gasteiger partial charge in [0, 0.05) is 56.1 Å². The van der Waals surface area contributed by atoms with Crippen molar-refractivity contribution in [2.45, 2.75) is 31.8 Å². The largest absolute Gasteiger partial charge is 0.356 e. The molecule has 13 heteroatoms. The predicted molar refractivity (Wildman–Crippen MR) is 176 cm³/mol. The van der Waals surface area contributed by atoms with Crippen molar-refractivity contribution >= 4 is 28.9 Å². The highest BCUT2D eigenvalue weighted by Gasteiger charge is 2.17. The van der Waals surface area contributed by atoms with E-state index in [2.05, 4.69) is 46.9 Å². The van der Waals surface area contributed by atoms with Crippen molar-refractivity contribution in [3.8, 4) is 16.9 Å². The van der Waals surface area contributed by atoms with E-state index in [9.17, 15) is 14.4 Å². The molecule has 0 aliphatic carbocycles. The van der Waals surface area contributed by atoms with E-state index < -0.39 is 0 Å². The summed E-state index contributed by atoms with van der Waals surface area (Å²) in [5.41, 5.74) is 4.28. The summed E-state index contributed by atoms with van der Waals surface area (Å²) in [5.74, 6) is 0.360. The molecular weight excluding hydrogens is 572 g/mol. The third-order valence-electron chi connectivity index (χ3n) is 7.69. The monoisotopic (exact) mass is 612 g/mol. The number of rotatable bonds is 10. The van der Waals surface area contributed by atoms with Crippen LogP contribution in [0.25, 0.3) is 28.0 Å². The first-order valence-corrected chi connectivity index (χ1v) is 15.2. The highest BCUT2D eigenvalue weighted by Crippen LogP contribution is 2.23. The second kappa shape index (κ2) is 15.1. The molecule has 3 heterocycles. The molecule has 1 fully saturated rings. The second-order valence-corrected chi connectivity index (χ2v) is 10.9. The molecule has 1 saturated heterocycles. The molecule has 45 heavy (non-hydrogen) atoms. The number of piperidine rings is 1. The first-order valence-electron chi connectivity index (χ1n) is 15.2. The number of aromatic nitrogens is 3. The predicted octanol–water partition coefficient (Wildman–Crippen LogP) is 1.85. The van der Waals surface area contributed by atoms with E-state index in [4.69, 9.17) is 0 Å². The molecule has 0 atom stereocenters. The summed E-state index contributed by atoms with van der Waals surface area (Å²) < 4.78 is 1.54. The van der Waals surface area contributed by atoms with Crippen molar-refractivity contribution in [3.63, 3.8) is 0 Å². The molecule has 0 radical (unpaired) electrons. The number of nitrogens with one attached hydrogen (secondary N) is 7. The quantitative estimate of drug-likeness (QED) is 0.0814. The van der Waals surface area contributed by atoms with Gasteiger partial charge in [0.25, 0.3) is 5.91 Å². The van der Waals surface area contributed by atoms with Gasteiger partial charge in [0.1, 0.15) is 5.65 Å². The molecule has 1 aliphatic rings. The number of hydrogen-bond donors (Lipinski definition) is 7. The van der Waals surface area contributed by atoms with E-state index in [1.165, 1.54) is 4.57 Å². The van der Waals surface area contributed by atoms with Crippen LogP contribution in [-0.4, -0.2) is 78.7 Å². The van der Waals surface area contributed by atoms with Gasteiger partial charge in [-0.3, -0.25) is 19.7 Å². The topological polar surface area (TPSA) is 169 Å². The fourth-order valence-electron chi connectivity index (χ4n) is 5.15. The van der Waals surface area contributed by atoms with E-state index >= 15 is 0 Å². The Hall–Kier alpha value is -5.01. The second-order valence-electron chi connectivity index (χ2n) is 10.9. The third kappa shape index (κ3) is 8.34. The molecule has 236 valence electrons. The first kappa shape index (κ1) is 31.4. The van der Waals surface area contributed by atoms with Crippen LogP contribution in [0.4, 0.5) is 4.79 Å². The van der Waals surface area contributed by atoms with Crippen molar-refractivity contribution in [2.24, 2.45) is 4.99 Å².